The molecule has 158 valence electrons. The maximum absolute atomic E-state index is 13.3. The number of aromatic nitrogens is 2. The number of anilines is 2. The number of nitrogens with one attached hydrogen (secondary N) is 2. The number of rotatable bonds is 4. The zero-order valence-electron chi connectivity index (χ0n) is 17.5. The average molecular weight is 416 g/mol. The molecule has 1 aromatic heterocycles. The van der Waals surface area contributed by atoms with Crippen molar-refractivity contribution in [2.45, 2.75) is 39.3 Å². The van der Waals surface area contributed by atoms with Crippen LogP contribution in [0.25, 0.3) is 0 Å². The average Bonchev–Trinajstić information content (AvgIpc) is 3.11. The van der Waals surface area contributed by atoms with Gasteiger partial charge in [0, 0.05) is 23.3 Å². The predicted octanol–water partition coefficient (Wildman–Crippen LogP) is 4.87. The molecule has 0 saturated carbocycles. The van der Waals surface area contributed by atoms with Crippen molar-refractivity contribution in [3.05, 3.63) is 77.0 Å². The molecule has 1 aliphatic heterocycles. The van der Waals surface area contributed by atoms with Crippen LogP contribution < -0.4 is 15.4 Å². The van der Waals surface area contributed by atoms with Crippen LogP contribution in [0.4, 0.5) is 11.6 Å². The number of hydrogen-bond acceptors (Lipinski definition) is 7. The molecule has 7 nitrogen and oxygen atoms in total. The first-order valence-electron chi connectivity index (χ1n) is 10.4. The number of fused-ring (bicyclic) bond motifs is 1. The molecule has 7 heteroatoms. The Hall–Kier alpha value is -3.61. The predicted molar refractivity (Wildman–Crippen MR) is 117 cm³/mol. The number of para-hydroxylation sites is 1. The van der Waals surface area contributed by atoms with Crippen LogP contribution in [0.5, 0.6) is 5.75 Å². The van der Waals surface area contributed by atoms with Crippen LogP contribution >= 0.6 is 0 Å². The Morgan fingerprint density at radius 3 is 2.61 bits per heavy atom. The SMILES string of the molecule is CC1(C)CC(=O)C2=C(C1)Nc1nonc1NC2c1ccccc1OCc1ccccc1. The monoisotopic (exact) mass is 416 g/mol. The number of Topliss-reactive ketones (excluding diaryl/α,β-unsaturated/α-hetero) is 1. The fourth-order valence-electron chi connectivity index (χ4n) is 4.32. The van der Waals surface area contributed by atoms with Crippen LogP contribution in [0, 0.1) is 5.41 Å². The summed E-state index contributed by atoms with van der Waals surface area (Å²) in [6.45, 7) is 4.64. The molecule has 0 fully saturated rings. The summed E-state index contributed by atoms with van der Waals surface area (Å²) in [5.74, 6) is 1.79. The van der Waals surface area contributed by atoms with E-state index in [0.29, 0.717) is 36.0 Å². The van der Waals surface area contributed by atoms with Crippen molar-refractivity contribution in [2.75, 3.05) is 10.6 Å². The largest absolute Gasteiger partial charge is 0.489 e. The van der Waals surface area contributed by atoms with E-state index in [1.165, 1.54) is 0 Å². The minimum Gasteiger partial charge on any atom is -0.489 e. The quantitative estimate of drug-likeness (QED) is 0.627. The van der Waals surface area contributed by atoms with Gasteiger partial charge in [-0.25, -0.2) is 4.63 Å². The van der Waals surface area contributed by atoms with Gasteiger partial charge in [-0.15, -0.1) is 0 Å². The second-order valence-electron chi connectivity index (χ2n) is 8.81. The molecular formula is C24H24N4O3. The standard InChI is InChI=1S/C24H24N4O3/c1-24(2)12-17-20(18(29)13-24)21(26-23-22(25-17)27-31-28-23)16-10-6-7-11-19(16)30-14-15-8-4-3-5-9-15/h3-11,21H,12-14H2,1-2H3,(H,25,27)(H,26,28). The molecule has 2 aliphatic rings. The maximum atomic E-state index is 13.3. The Kier molecular flexibility index (Phi) is 4.73. The number of ether oxygens (including phenoxy) is 1. The Morgan fingerprint density at radius 2 is 1.77 bits per heavy atom. The first-order chi connectivity index (χ1) is 15.0. The molecule has 1 unspecified atom stereocenters. The van der Waals surface area contributed by atoms with Gasteiger partial charge in [0.2, 0.25) is 11.6 Å². The molecule has 31 heavy (non-hydrogen) atoms. The van der Waals surface area contributed by atoms with Crippen LogP contribution in [-0.4, -0.2) is 16.1 Å². The molecule has 5 rings (SSSR count). The summed E-state index contributed by atoms with van der Waals surface area (Å²) in [6, 6.07) is 17.4. The molecule has 1 aliphatic carbocycles. The van der Waals surface area contributed by atoms with Crippen LogP contribution in [0.3, 0.4) is 0 Å². The molecule has 0 bridgehead atoms. The van der Waals surface area contributed by atoms with Crippen molar-refractivity contribution in [3.8, 4) is 5.75 Å². The summed E-state index contributed by atoms with van der Waals surface area (Å²) in [6.07, 6.45) is 1.21. The fourth-order valence-corrected chi connectivity index (χ4v) is 4.32. The zero-order chi connectivity index (χ0) is 21.4. The van der Waals surface area contributed by atoms with Gasteiger partial charge in [0.15, 0.2) is 5.78 Å². The number of benzene rings is 2. The Bertz CT molecular complexity index is 1150. The van der Waals surface area contributed by atoms with Crippen LogP contribution in [0.1, 0.15) is 43.9 Å². The maximum Gasteiger partial charge on any atom is 0.219 e. The lowest BCUT2D eigenvalue weighted by Crippen LogP contribution is -2.31. The Balaban J connectivity index is 1.56. The summed E-state index contributed by atoms with van der Waals surface area (Å²) in [5.41, 5.74) is 3.36. The van der Waals surface area contributed by atoms with Gasteiger partial charge in [0.05, 0.1) is 6.04 Å². The van der Waals surface area contributed by atoms with Gasteiger partial charge in [-0.2, -0.15) is 0 Å². The Labute approximate surface area is 180 Å². The topological polar surface area (TPSA) is 89.3 Å². The van der Waals surface area contributed by atoms with Crippen molar-refractivity contribution >= 4 is 17.4 Å². The molecule has 3 aromatic rings. The highest BCUT2D eigenvalue weighted by molar-refractivity contribution is 6.00. The number of carbonyl (C=O) groups excluding carboxylic acids is 1. The molecule has 0 amide bonds. The van der Waals surface area contributed by atoms with Gasteiger partial charge in [0.25, 0.3) is 0 Å². The lowest BCUT2D eigenvalue weighted by atomic mass is 9.73. The first-order valence-corrected chi connectivity index (χ1v) is 10.4. The number of carbonyl (C=O) groups is 1. The van der Waals surface area contributed by atoms with Gasteiger partial charge >= 0.3 is 0 Å². The van der Waals surface area contributed by atoms with Crippen molar-refractivity contribution < 1.29 is 14.2 Å². The zero-order valence-corrected chi connectivity index (χ0v) is 17.5. The van der Waals surface area contributed by atoms with E-state index in [1.54, 1.807) is 0 Å². The van der Waals surface area contributed by atoms with E-state index >= 15 is 0 Å². The van der Waals surface area contributed by atoms with E-state index in [9.17, 15) is 4.79 Å². The lowest BCUT2D eigenvalue weighted by molar-refractivity contribution is -0.118. The second-order valence-corrected chi connectivity index (χ2v) is 8.81. The molecule has 0 radical (unpaired) electrons. The fraction of sp³-hybridized carbons (Fsp3) is 0.292. The summed E-state index contributed by atoms with van der Waals surface area (Å²) >= 11 is 0. The summed E-state index contributed by atoms with van der Waals surface area (Å²) in [5, 5.41) is 14.6. The number of hydrogen-bond donors (Lipinski definition) is 2. The molecular weight excluding hydrogens is 392 g/mol. The highest BCUT2D eigenvalue weighted by Crippen LogP contribution is 2.46. The van der Waals surface area contributed by atoms with E-state index in [4.69, 9.17) is 9.37 Å². The van der Waals surface area contributed by atoms with Crippen LogP contribution in [0.15, 0.2) is 70.5 Å². The molecule has 2 aromatic carbocycles. The first kappa shape index (κ1) is 19.4. The van der Waals surface area contributed by atoms with Crippen molar-refractivity contribution in [1.82, 2.24) is 10.3 Å². The number of nitrogens with zero attached hydrogens (tertiary/aromatic N) is 2. The van der Waals surface area contributed by atoms with E-state index in [1.807, 2.05) is 54.6 Å². The van der Waals surface area contributed by atoms with Gasteiger partial charge in [-0.05, 0) is 33.8 Å². The van der Waals surface area contributed by atoms with Crippen molar-refractivity contribution in [1.29, 1.82) is 0 Å². The lowest BCUT2D eigenvalue weighted by Gasteiger charge is -2.34. The highest BCUT2D eigenvalue weighted by atomic mass is 16.6. The minimum absolute atomic E-state index is 0.108. The van der Waals surface area contributed by atoms with Crippen molar-refractivity contribution in [3.63, 3.8) is 0 Å². The molecule has 0 saturated heterocycles. The summed E-state index contributed by atoms with van der Waals surface area (Å²) in [7, 11) is 0. The van der Waals surface area contributed by atoms with E-state index in [2.05, 4.69) is 34.8 Å². The smallest absolute Gasteiger partial charge is 0.219 e. The molecule has 1 atom stereocenters. The third kappa shape index (κ3) is 3.79. The second kappa shape index (κ2) is 7.58. The summed E-state index contributed by atoms with van der Waals surface area (Å²) < 4.78 is 11.1. The Morgan fingerprint density at radius 1 is 1.03 bits per heavy atom. The van der Waals surface area contributed by atoms with E-state index < -0.39 is 6.04 Å². The highest BCUT2D eigenvalue weighted by Gasteiger charge is 2.40. The number of ketones is 1. The molecule has 0 spiro atoms. The van der Waals surface area contributed by atoms with E-state index in [0.717, 1.165) is 23.2 Å². The van der Waals surface area contributed by atoms with Crippen molar-refractivity contribution in [2.24, 2.45) is 5.41 Å². The van der Waals surface area contributed by atoms with Gasteiger partial charge in [0.1, 0.15) is 12.4 Å². The normalized spacial score (nSPS) is 19.5. The third-order valence-corrected chi connectivity index (χ3v) is 5.71. The van der Waals surface area contributed by atoms with Gasteiger partial charge < -0.3 is 15.4 Å². The minimum atomic E-state index is -0.425. The third-order valence-electron chi connectivity index (χ3n) is 5.71. The van der Waals surface area contributed by atoms with Gasteiger partial charge in [-0.3, -0.25) is 4.79 Å². The molecule has 2 N–H and O–H groups in total. The van der Waals surface area contributed by atoms with Gasteiger partial charge in [-0.1, -0.05) is 62.4 Å². The van der Waals surface area contributed by atoms with Crippen LogP contribution in [0.2, 0.25) is 0 Å². The molecule has 2 heterocycles. The number of allylic oxidation sites excluding steroid dienone is 1. The van der Waals surface area contributed by atoms with E-state index in [-0.39, 0.29) is 11.2 Å². The summed E-state index contributed by atoms with van der Waals surface area (Å²) in [4.78, 5) is 13.3. The van der Waals surface area contributed by atoms with Crippen LogP contribution in [-0.2, 0) is 11.4 Å².